The normalized spacial score (nSPS) is 14.5. The maximum atomic E-state index is 12.9. The molecule has 1 amide bonds. The third kappa shape index (κ3) is 5.87. The van der Waals surface area contributed by atoms with E-state index in [2.05, 4.69) is 57.2 Å². The molecule has 4 heterocycles. The van der Waals surface area contributed by atoms with Crippen molar-refractivity contribution in [1.82, 2.24) is 24.3 Å². The van der Waals surface area contributed by atoms with Crippen molar-refractivity contribution in [3.05, 3.63) is 77.5 Å². The number of ether oxygens (including phenoxy) is 1. The van der Waals surface area contributed by atoms with Gasteiger partial charge in [-0.2, -0.15) is 0 Å². The Labute approximate surface area is 254 Å². The molecule has 8 nitrogen and oxygen atoms in total. The summed E-state index contributed by atoms with van der Waals surface area (Å²) < 4.78 is 8.29. The molecule has 0 N–H and O–H groups in total. The second kappa shape index (κ2) is 12.7. The van der Waals surface area contributed by atoms with Crippen LogP contribution in [0.15, 0.2) is 54.9 Å². The molecule has 2 aromatic heterocycles. The Bertz CT molecular complexity index is 1530. The summed E-state index contributed by atoms with van der Waals surface area (Å²) in [5, 5.41) is 1.23. The number of hydrogen-bond acceptors (Lipinski definition) is 6. The number of halogens is 2. The third-order valence-corrected chi connectivity index (χ3v) is 8.11. The summed E-state index contributed by atoms with van der Waals surface area (Å²) in [5.41, 5.74) is 6.82. The number of benzene rings is 2. The van der Waals surface area contributed by atoms with Crippen molar-refractivity contribution in [2.45, 2.75) is 39.8 Å². The molecule has 1 saturated heterocycles. The number of amides is 1. The molecule has 41 heavy (non-hydrogen) atoms. The second-order valence-electron chi connectivity index (χ2n) is 10.8. The van der Waals surface area contributed by atoms with Crippen LogP contribution in [0.1, 0.15) is 41.3 Å². The average Bonchev–Trinajstić information content (AvgIpc) is 3.39. The largest absolute Gasteiger partial charge is 0.485 e. The number of imidazole rings is 1. The van der Waals surface area contributed by atoms with Gasteiger partial charge in [0.05, 0.1) is 16.9 Å². The smallest absolute Gasteiger partial charge is 0.274 e. The Morgan fingerprint density at radius 2 is 1.73 bits per heavy atom. The molecule has 0 saturated carbocycles. The fourth-order valence-corrected chi connectivity index (χ4v) is 5.57. The fourth-order valence-electron chi connectivity index (χ4n) is 5.57. The Morgan fingerprint density at radius 1 is 1.00 bits per heavy atom. The van der Waals surface area contributed by atoms with E-state index in [1.54, 1.807) is 11.2 Å². The van der Waals surface area contributed by atoms with Crippen LogP contribution in [0.25, 0.3) is 16.6 Å². The summed E-state index contributed by atoms with van der Waals surface area (Å²) in [6, 6.07) is 17.1. The standard InChI is InChI=1S/C31H36N6O2.2ClH/c1-21(2)34(4)31(38)29-28-19-39-30-23(7-5-10-27(30)37(28)20-32-29)13-14-35-15-17-36(18-16-35)26-9-6-8-25-24(26)12-11-22(3)33-25;;/h5-12,20-21H,13-19H2,1-4H3;2*1H. The van der Waals surface area contributed by atoms with Crippen LogP contribution in [-0.2, 0) is 13.0 Å². The first-order chi connectivity index (χ1) is 18.9. The van der Waals surface area contributed by atoms with Gasteiger partial charge in [-0.05, 0) is 63.1 Å². The van der Waals surface area contributed by atoms with Crippen molar-refractivity contribution in [2.75, 3.05) is 44.7 Å². The van der Waals surface area contributed by atoms with Gasteiger partial charge in [0.25, 0.3) is 5.91 Å². The van der Waals surface area contributed by atoms with Gasteiger partial charge in [-0.25, -0.2) is 4.98 Å². The van der Waals surface area contributed by atoms with Crippen LogP contribution >= 0.6 is 24.8 Å². The minimum Gasteiger partial charge on any atom is -0.485 e. The van der Waals surface area contributed by atoms with E-state index in [0.29, 0.717) is 12.3 Å². The van der Waals surface area contributed by atoms with Crippen LogP contribution in [0, 0.1) is 6.92 Å². The zero-order valence-electron chi connectivity index (χ0n) is 24.0. The number of carbonyl (C=O) groups is 1. The van der Waals surface area contributed by atoms with Crippen molar-refractivity contribution in [1.29, 1.82) is 0 Å². The van der Waals surface area contributed by atoms with Crippen molar-refractivity contribution in [3.8, 4) is 11.4 Å². The van der Waals surface area contributed by atoms with Gasteiger partial charge in [-0.1, -0.05) is 18.2 Å². The van der Waals surface area contributed by atoms with Gasteiger partial charge in [0.15, 0.2) is 5.69 Å². The minimum atomic E-state index is -0.0732. The van der Waals surface area contributed by atoms with E-state index in [0.717, 1.165) is 67.5 Å². The lowest BCUT2D eigenvalue weighted by Crippen LogP contribution is -2.47. The van der Waals surface area contributed by atoms with Crippen LogP contribution in [-0.4, -0.2) is 76.1 Å². The molecule has 0 unspecified atom stereocenters. The molecule has 0 aliphatic carbocycles. The van der Waals surface area contributed by atoms with E-state index in [-0.39, 0.29) is 36.8 Å². The van der Waals surface area contributed by atoms with E-state index < -0.39 is 0 Å². The van der Waals surface area contributed by atoms with Crippen LogP contribution in [0.2, 0.25) is 0 Å². The number of piperazine rings is 1. The molecule has 2 aliphatic rings. The van der Waals surface area contributed by atoms with Gasteiger partial charge in [-0.3, -0.25) is 19.2 Å². The first kappa shape index (κ1) is 30.6. The number of pyridine rings is 1. The zero-order valence-corrected chi connectivity index (χ0v) is 25.7. The first-order valence-electron chi connectivity index (χ1n) is 13.8. The number of rotatable bonds is 6. The Hall–Kier alpha value is -3.33. The topological polar surface area (TPSA) is 66.7 Å². The van der Waals surface area contributed by atoms with Crippen molar-refractivity contribution >= 4 is 47.3 Å². The lowest BCUT2D eigenvalue weighted by molar-refractivity contribution is 0.0746. The van der Waals surface area contributed by atoms with Crippen molar-refractivity contribution < 1.29 is 9.53 Å². The number of hydrogen-bond donors (Lipinski definition) is 0. The maximum Gasteiger partial charge on any atom is 0.274 e. The van der Waals surface area contributed by atoms with E-state index in [9.17, 15) is 4.79 Å². The van der Waals surface area contributed by atoms with Gasteiger partial charge >= 0.3 is 0 Å². The Balaban J connectivity index is 0.00000194. The van der Waals surface area contributed by atoms with Gasteiger partial charge in [0.1, 0.15) is 18.7 Å². The molecule has 0 bridgehead atoms. The summed E-state index contributed by atoms with van der Waals surface area (Å²) in [6.07, 6.45) is 2.66. The Morgan fingerprint density at radius 3 is 2.49 bits per heavy atom. The summed E-state index contributed by atoms with van der Waals surface area (Å²) in [5.74, 6) is 0.826. The number of fused-ring (bicyclic) bond motifs is 4. The highest BCUT2D eigenvalue weighted by Crippen LogP contribution is 2.35. The van der Waals surface area contributed by atoms with Crippen LogP contribution in [0.3, 0.4) is 0 Å². The van der Waals surface area contributed by atoms with Gasteiger partial charge < -0.3 is 14.5 Å². The van der Waals surface area contributed by atoms with Crippen molar-refractivity contribution in [3.63, 3.8) is 0 Å². The number of aryl methyl sites for hydroxylation is 1. The quantitative estimate of drug-likeness (QED) is 0.300. The predicted octanol–water partition coefficient (Wildman–Crippen LogP) is 5.31. The number of anilines is 1. The monoisotopic (exact) mass is 596 g/mol. The minimum absolute atomic E-state index is 0. The number of carbonyl (C=O) groups excluding carboxylic acids is 1. The van der Waals surface area contributed by atoms with Gasteiger partial charge in [-0.15, -0.1) is 24.8 Å². The zero-order chi connectivity index (χ0) is 27.1. The molecule has 2 aliphatic heterocycles. The molecule has 4 aromatic rings. The lowest BCUT2D eigenvalue weighted by Gasteiger charge is -2.36. The van der Waals surface area contributed by atoms with E-state index in [1.165, 1.54) is 16.6 Å². The number of para-hydroxylation sites is 1. The molecule has 218 valence electrons. The molecular weight excluding hydrogens is 559 g/mol. The van der Waals surface area contributed by atoms with E-state index >= 15 is 0 Å². The molecule has 2 aromatic carbocycles. The summed E-state index contributed by atoms with van der Waals surface area (Å²) >= 11 is 0. The highest BCUT2D eigenvalue weighted by Gasteiger charge is 2.28. The summed E-state index contributed by atoms with van der Waals surface area (Å²) in [7, 11) is 1.81. The van der Waals surface area contributed by atoms with Gasteiger partial charge in [0, 0.05) is 62.6 Å². The molecular formula is C31H38Cl2N6O2. The van der Waals surface area contributed by atoms with Crippen LogP contribution < -0.4 is 9.64 Å². The Kier molecular flexibility index (Phi) is 9.47. The highest BCUT2D eigenvalue weighted by molar-refractivity contribution is 5.94. The lowest BCUT2D eigenvalue weighted by atomic mass is 10.1. The molecule has 0 radical (unpaired) electrons. The second-order valence-corrected chi connectivity index (χ2v) is 10.8. The van der Waals surface area contributed by atoms with Crippen LogP contribution in [0.5, 0.6) is 5.75 Å². The van der Waals surface area contributed by atoms with Crippen LogP contribution in [0.4, 0.5) is 5.69 Å². The molecule has 0 spiro atoms. The summed E-state index contributed by atoms with van der Waals surface area (Å²) in [6.45, 7) is 11.4. The highest BCUT2D eigenvalue weighted by atomic mass is 35.5. The maximum absolute atomic E-state index is 12.9. The molecule has 6 rings (SSSR count). The van der Waals surface area contributed by atoms with E-state index in [1.807, 2.05) is 38.5 Å². The summed E-state index contributed by atoms with van der Waals surface area (Å²) in [4.78, 5) is 28.9. The SMILES string of the molecule is Cc1ccc2c(N3CCN(CCc4cccc5c4OCc4c(C(=O)N(C)C(C)C)ncn4-5)CC3)cccc2n1.Cl.Cl. The third-order valence-electron chi connectivity index (χ3n) is 8.11. The van der Waals surface area contributed by atoms with E-state index in [4.69, 9.17) is 9.72 Å². The molecule has 1 fully saturated rings. The number of aromatic nitrogens is 3. The predicted molar refractivity (Wildman–Crippen MR) is 168 cm³/mol. The molecule has 10 heteroatoms. The van der Waals surface area contributed by atoms with Gasteiger partial charge in [0.2, 0.25) is 0 Å². The molecule has 0 atom stereocenters. The van der Waals surface area contributed by atoms with Crippen molar-refractivity contribution in [2.24, 2.45) is 0 Å². The fraction of sp³-hybridized carbons (Fsp3) is 0.387. The average molecular weight is 598 g/mol. The first-order valence-corrected chi connectivity index (χ1v) is 13.8. The number of nitrogens with zero attached hydrogens (tertiary/aromatic N) is 6.